The van der Waals surface area contributed by atoms with E-state index in [0.29, 0.717) is 6.61 Å². The first-order valence-corrected chi connectivity index (χ1v) is 6.95. The van der Waals surface area contributed by atoms with E-state index in [1.165, 1.54) is 0 Å². The van der Waals surface area contributed by atoms with Crippen molar-refractivity contribution in [3.63, 3.8) is 0 Å². The molecule has 1 heterocycles. The van der Waals surface area contributed by atoms with E-state index in [-0.39, 0.29) is 12.0 Å². The van der Waals surface area contributed by atoms with Gasteiger partial charge in [0, 0.05) is 4.88 Å². The number of ether oxygens (including phenoxy) is 1. The summed E-state index contributed by atoms with van der Waals surface area (Å²) in [6.45, 7) is 5.10. The Morgan fingerprint density at radius 3 is 2.81 bits per heavy atom. The predicted octanol–water partition coefficient (Wildman–Crippen LogP) is 3.11. The van der Waals surface area contributed by atoms with Crippen molar-refractivity contribution in [1.29, 1.82) is 0 Å². The maximum Gasteiger partial charge on any atom is 0.328 e. The lowest BCUT2D eigenvalue weighted by Crippen LogP contribution is -2.30. The summed E-state index contributed by atoms with van der Waals surface area (Å²) < 4.78 is 6.08. The van der Waals surface area contributed by atoms with Gasteiger partial charge in [0.25, 0.3) is 0 Å². The Morgan fingerprint density at radius 1 is 1.56 bits per heavy atom. The zero-order chi connectivity index (χ0) is 12.0. The van der Waals surface area contributed by atoms with Gasteiger partial charge in [-0.15, -0.1) is 11.3 Å². The second kappa shape index (κ2) is 7.04. The third kappa shape index (κ3) is 3.88. The summed E-state index contributed by atoms with van der Waals surface area (Å²) in [6.07, 6.45) is 0.989. The molecule has 5 heteroatoms. The van der Waals surface area contributed by atoms with E-state index in [1.54, 1.807) is 11.3 Å². The van der Waals surface area contributed by atoms with Gasteiger partial charge in [-0.25, -0.2) is 4.79 Å². The second-order valence-electron chi connectivity index (χ2n) is 3.28. The number of thiophene rings is 1. The predicted molar refractivity (Wildman–Crippen MR) is 69.7 cm³/mol. The number of hydrogen-bond acceptors (Lipinski definition) is 4. The first kappa shape index (κ1) is 13.7. The van der Waals surface area contributed by atoms with Crippen molar-refractivity contribution in [2.75, 3.05) is 13.2 Å². The van der Waals surface area contributed by atoms with Crippen LogP contribution in [0.1, 0.15) is 31.2 Å². The Bertz CT molecular complexity index is 340. The number of hydrogen-bond donors (Lipinski definition) is 1. The molecule has 90 valence electrons. The third-order valence-corrected chi connectivity index (χ3v) is 3.69. The Morgan fingerprint density at radius 2 is 2.31 bits per heavy atom. The topological polar surface area (TPSA) is 38.3 Å². The van der Waals surface area contributed by atoms with E-state index in [1.807, 2.05) is 19.1 Å². The van der Waals surface area contributed by atoms with E-state index >= 15 is 0 Å². The molecule has 0 aliphatic carbocycles. The maximum absolute atomic E-state index is 11.8. The molecular formula is C11H16BrNO2S. The van der Waals surface area contributed by atoms with Crippen molar-refractivity contribution in [1.82, 2.24) is 5.32 Å². The Balaban J connectivity index is 2.74. The highest BCUT2D eigenvalue weighted by Gasteiger charge is 2.22. The SMILES string of the molecule is CCCNC(C(=O)OCC)c1ccc(Br)s1. The third-order valence-electron chi connectivity index (χ3n) is 2.00. The average molecular weight is 306 g/mol. The molecule has 0 spiro atoms. The highest BCUT2D eigenvalue weighted by molar-refractivity contribution is 9.11. The molecule has 0 radical (unpaired) electrons. The minimum atomic E-state index is -0.337. The van der Waals surface area contributed by atoms with Gasteiger partial charge in [-0.05, 0) is 48.0 Å². The quantitative estimate of drug-likeness (QED) is 0.821. The molecule has 0 aromatic carbocycles. The van der Waals surface area contributed by atoms with Crippen LogP contribution in [0.2, 0.25) is 0 Å². The van der Waals surface area contributed by atoms with Crippen LogP contribution in [0.15, 0.2) is 15.9 Å². The lowest BCUT2D eigenvalue weighted by atomic mass is 10.2. The number of nitrogens with one attached hydrogen (secondary N) is 1. The van der Waals surface area contributed by atoms with Gasteiger partial charge in [0.15, 0.2) is 0 Å². The molecule has 1 aromatic heterocycles. The number of rotatable bonds is 6. The molecule has 1 rings (SSSR count). The van der Waals surface area contributed by atoms with Gasteiger partial charge in [0.05, 0.1) is 10.4 Å². The summed E-state index contributed by atoms with van der Waals surface area (Å²) in [5.74, 6) is -0.203. The van der Waals surface area contributed by atoms with Crippen LogP contribution in [0.25, 0.3) is 0 Å². The highest BCUT2D eigenvalue weighted by Crippen LogP contribution is 2.28. The number of esters is 1. The van der Waals surface area contributed by atoms with E-state index in [0.717, 1.165) is 21.6 Å². The molecular weight excluding hydrogens is 290 g/mol. The van der Waals surface area contributed by atoms with E-state index in [4.69, 9.17) is 4.74 Å². The molecule has 0 amide bonds. The summed E-state index contributed by atoms with van der Waals surface area (Å²) in [5.41, 5.74) is 0. The van der Waals surface area contributed by atoms with E-state index < -0.39 is 0 Å². The molecule has 16 heavy (non-hydrogen) atoms. The van der Waals surface area contributed by atoms with Gasteiger partial charge in [-0.2, -0.15) is 0 Å². The van der Waals surface area contributed by atoms with Crippen LogP contribution >= 0.6 is 27.3 Å². The molecule has 3 nitrogen and oxygen atoms in total. The van der Waals surface area contributed by atoms with Crippen molar-refractivity contribution in [2.24, 2.45) is 0 Å². The first-order chi connectivity index (χ1) is 7.69. The molecule has 1 N–H and O–H groups in total. The van der Waals surface area contributed by atoms with Crippen LogP contribution in [-0.4, -0.2) is 19.1 Å². The monoisotopic (exact) mass is 305 g/mol. The van der Waals surface area contributed by atoms with Crippen LogP contribution < -0.4 is 5.32 Å². The van der Waals surface area contributed by atoms with Crippen molar-refractivity contribution in [2.45, 2.75) is 26.3 Å². The van der Waals surface area contributed by atoms with Crippen molar-refractivity contribution in [3.8, 4) is 0 Å². The minimum absolute atomic E-state index is 0.203. The fourth-order valence-corrected chi connectivity index (χ4v) is 2.79. The van der Waals surface area contributed by atoms with Crippen molar-refractivity contribution >= 4 is 33.2 Å². The number of carbonyl (C=O) groups excluding carboxylic acids is 1. The van der Waals surface area contributed by atoms with Crippen LogP contribution in [0.4, 0.5) is 0 Å². The summed E-state index contributed by atoms with van der Waals surface area (Å²) in [5, 5.41) is 3.20. The average Bonchev–Trinajstić information content (AvgIpc) is 2.66. The van der Waals surface area contributed by atoms with Gasteiger partial charge in [0.1, 0.15) is 6.04 Å². The molecule has 0 aliphatic rings. The first-order valence-electron chi connectivity index (χ1n) is 5.34. The molecule has 0 saturated carbocycles. The van der Waals surface area contributed by atoms with Gasteiger partial charge >= 0.3 is 5.97 Å². The Hall–Kier alpha value is -0.390. The van der Waals surface area contributed by atoms with Gasteiger partial charge in [-0.1, -0.05) is 6.92 Å². The molecule has 0 aliphatic heterocycles. The second-order valence-corrected chi connectivity index (χ2v) is 5.78. The zero-order valence-corrected chi connectivity index (χ0v) is 11.9. The summed E-state index contributed by atoms with van der Waals surface area (Å²) in [6, 6.07) is 3.55. The zero-order valence-electron chi connectivity index (χ0n) is 9.46. The minimum Gasteiger partial charge on any atom is -0.465 e. The fraction of sp³-hybridized carbons (Fsp3) is 0.545. The molecule has 1 unspecified atom stereocenters. The van der Waals surface area contributed by atoms with Crippen LogP contribution in [0.5, 0.6) is 0 Å². The number of carbonyl (C=O) groups is 1. The van der Waals surface area contributed by atoms with Crippen molar-refractivity contribution < 1.29 is 9.53 Å². The summed E-state index contributed by atoms with van der Waals surface area (Å²) >= 11 is 4.95. The Kier molecular flexibility index (Phi) is 6.01. The summed E-state index contributed by atoms with van der Waals surface area (Å²) in [4.78, 5) is 12.8. The smallest absolute Gasteiger partial charge is 0.328 e. The number of halogens is 1. The largest absolute Gasteiger partial charge is 0.465 e. The highest BCUT2D eigenvalue weighted by atomic mass is 79.9. The summed E-state index contributed by atoms with van der Waals surface area (Å²) in [7, 11) is 0. The standard InChI is InChI=1S/C11H16BrNO2S/c1-3-7-13-10(11(14)15-4-2)8-5-6-9(12)16-8/h5-6,10,13H,3-4,7H2,1-2H3. The van der Waals surface area contributed by atoms with Gasteiger partial charge in [0.2, 0.25) is 0 Å². The molecule has 1 aromatic rings. The lowest BCUT2D eigenvalue weighted by Gasteiger charge is -2.15. The van der Waals surface area contributed by atoms with Crippen LogP contribution in [-0.2, 0) is 9.53 Å². The van der Waals surface area contributed by atoms with Crippen LogP contribution in [0.3, 0.4) is 0 Å². The normalized spacial score (nSPS) is 12.4. The molecule has 1 atom stereocenters. The molecule has 0 saturated heterocycles. The van der Waals surface area contributed by atoms with E-state index in [9.17, 15) is 4.79 Å². The fourth-order valence-electron chi connectivity index (χ4n) is 1.30. The molecule has 0 bridgehead atoms. The van der Waals surface area contributed by atoms with E-state index in [2.05, 4.69) is 28.2 Å². The van der Waals surface area contributed by atoms with Crippen molar-refractivity contribution in [3.05, 3.63) is 20.8 Å². The molecule has 0 fully saturated rings. The van der Waals surface area contributed by atoms with Gasteiger partial charge in [-0.3, -0.25) is 0 Å². The lowest BCUT2D eigenvalue weighted by molar-refractivity contribution is -0.145. The van der Waals surface area contributed by atoms with Gasteiger partial charge < -0.3 is 10.1 Å². The van der Waals surface area contributed by atoms with Crippen LogP contribution in [0, 0.1) is 0 Å². The maximum atomic E-state index is 11.8. The Labute approximate surface area is 108 Å².